The third kappa shape index (κ3) is 8.76. The number of alkyl halides is 6. The van der Waals surface area contributed by atoms with Crippen LogP contribution in [0.3, 0.4) is 0 Å². The van der Waals surface area contributed by atoms with Gasteiger partial charge in [-0.3, -0.25) is 4.79 Å². The van der Waals surface area contributed by atoms with E-state index in [-0.39, 0.29) is 38.2 Å². The summed E-state index contributed by atoms with van der Waals surface area (Å²) in [6.07, 6.45) is -7.42. The van der Waals surface area contributed by atoms with E-state index in [0.29, 0.717) is 13.1 Å². The van der Waals surface area contributed by atoms with E-state index in [2.05, 4.69) is 4.74 Å². The van der Waals surface area contributed by atoms with Crippen LogP contribution in [0, 0.1) is 0 Å². The molecule has 0 saturated carbocycles. The van der Waals surface area contributed by atoms with Gasteiger partial charge in [0.25, 0.3) is 6.47 Å². The van der Waals surface area contributed by atoms with Crippen molar-refractivity contribution in [3.05, 3.63) is 73.7 Å². The summed E-state index contributed by atoms with van der Waals surface area (Å²) >= 11 is 17.4. The molecule has 0 heterocycles. The number of carbonyl (C=O) groups excluding carboxylic acids is 1. The molecule has 0 N–H and O–H groups in total. The third-order valence-electron chi connectivity index (χ3n) is 4.25. The maximum Gasteiger partial charge on any atom is 0.416 e. The summed E-state index contributed by atoms with van der Waals surface area (Å²) in [5.41, 5.74) is -1.10. The predicted octanol–water partition coefficient (Wildman–Crippen LogP) is 8.77. The zero-order chi connectivity index (χ0) is 25.4. The second-order valence-electron chi connectivity index (χ2n) is 6.50. The molecule has 0 fully saturated rings. The van der Waals surface area contributed by atoms with Gasteiger partial charge in [0.2, 0.25) is 0 Å². The van der Waals surface area contributed by atoms with Gasteiger partial charge in [0.05, 0.1) is 33.2 Å². The van der Waals surface area contributed by atoms with Crippen molar-refractivity contribution in [1.82, 2.24) is 0 Å². The van der Waals surface area contributed by atoms with E-state index in [1.54, 1.807) is 13.8 Å². The van der Waals surface area contributed by atoms with E-state index in [4.69, 9.17) is 34.8 Å². The molecule has 0 aromatic heterocycles. The van der Waals surface area contributed by atoms with Gasteiger partial charge in [0.15, 0.2) is 0 Å². The Labute approximate surface area is 202 Å². The number of halogens is 9. The van der Waals surface area contributed by atoms with Crippen LogP contribution in [-0.2, 0) is 22.1 Å². The molecular formula is C22H19Cl3F6O2. The van der Waals surface area contributed by atoms with E-state index >= 15 is 0 Å². The molecule has 1 atom stereocenters. The summed E-state index contributed by atoms with van der Waals surface area (Å²) in [5, 5.41) is -0.390. The molecule has 0 saturated heterocycles. The highest BCUT2D eigenvalue weighted by atomic mass is 35.5. The highest BCUT2D eigenvalue weighted by molar-refractivity contribution is 6.48. The van der Waals surface area contributed by atoms with E-state index in [9.17, 15) is 31.1 Å². The van der Waals surface area contributed by atoms with E-state index in [1.807, 2.05) is 0 Å². The van der Waals surface area contributed by atoms with Gasteiger partial charge in [-0.15, -0.1) is 0 Å². The summed E-state index contributed by atoms with van der Waals surface area (Å²) in [6.45, 7) is 4.23. The number of rotatable bonds is 6. The Morgan fingerprint density at radius 1 is 0.970 bits per heavy atom. The molecule has 2 rings (SSSR count). The molecule has 0 aliphatic heterocycles. The molecule has 0 bridgehead atoms. The molecule has 0 spiro atoms. The van der Waals surface area contributed by atoms with Crippen LogP contribution in [0.1, 0.15) is 42.0 Å². The molecular weight excluding hydrogens is 517 g/mol. The Hall–Kier alpha value is -1.90. The fourth-order valence-electron chi connectivity index (χ4n) is 2.71. The van der Waals surface area contributed by atoms with Crippen molar-refractivity contribution < 1.29 is 35.9 Å². The summed E-state index contributed by atoms with van der Waals surface area (Å²) in [7, 11) is 0. The average Bonchev–Trinajstić information content (AvgIpc) is 2.71. The van der Waals surface area contributed by atoms with Crippen LogP contribution < -0.4 is 0 Å². The van der Waals surface area contributed by atoms with Crippen molar-refractivity contribution in [2.75, 3.05) is 6.61 Å². The largest absolute Gasteiger partial charge is 0.468 e. The number of ether oxygens (including phenoxy) is 1. The standard InChI is InChI=1S/C19H13Cl3F6.C3H6O2/c1-2-11-5-3-10(7-14(11)19(26,27)28)4-6-13(18(23,24)25)12-8-15(20)17(22)16(21)9-12;1-2-5-3-4/h3-9,13H,2H2,1H3;3H,2H2,1H3/b6-4+;. The molecule has 182 valence electrons. The van der Waals surface area contributed by atoms with Gasteiger partial charge in [-0.1, -0.05) is 66.0 Å². The normalized spacial score (nSPS) is 12.8. The molecule has 0 aliphatic carbocycles. The van der Waals surface area contributed by atoms with Gasteiger partial charge < -0.3 is 4.74 Å². The third-order valence-corrected chi connectivity index (χ3v) is 5.45. The van der Waals surface area contributed by atoms with Gasteiger partial charge in [-0.05, 0) is 48.2 Å². The number of aryl methyl sites for hydroxylation is 1. The minimum atomic E-state index is -4.72. The monoisotopic (exact) mass is 534 g/mol. The Morgan fingerprint density at radius 2 is 1.55 bits per heavy atom. The second kappa shape index (κ2) is 12.5. The Morgan fingerprint density at radius 3 is 1.94 bits per heavy atom. The van der Waals surface area contributed by atoms with Gasteiger partial charge in [-0.2, -0.15) is 26.3 Å². The summed E-state index contributed by atoms with van der Waals surface area (Å²) < 4.78 is 84.1. The Balaban J connectivity index is 0.000000981. The molecule has 33 heavy (non-hydrogen) atoms. The summed E-state index contributed by atoms with van der Waals surface area (Å²) in [5.74, 6) is -2.13. The highest BCUT2D eigenvalue weighted by Crippen LogP contribution is 2.41. The molecule has 0 amide bonds. The SMILES string of the molecule is CCOC=O.CCc1ccc(/C=C/C(c2cc(Cl)c(Cl)c(Cl)c2)C(F)(F)F)cc1C(F)(F)F. The molecule has 0 radical (unpaired) electrons. The van der Waals surface area contributed by atoms with Crippen LogP contribution in [0.2, 0.25) is 15.1 Å². The van der Waals surface area contributed by atoms with Crippen LogP contribution in [0.15, 0.2) is 36.4 Å². The van der Waals surface area contributed by atoms with E-state index in [0.717, 1.165) is 30.4 Å². The molecule has 2 aromatic carbocycles. The van der Waals surface area contributed by atoms with Crippen molar-refractivity contribution in [3.8, 4) is 0 Å². The van der Waals surface area contributed by atoms with Crippen LogP contribution in [0.4, 0.5) is 26.3 Å². The zero-order valence-corrected chi connectivity index (χ0v) is 19.6. The number of allylic oxidation sites excluding steroid dienone is 1. The fraction of sp³-hybridized carbons (Fsp3) is 0.318. The van der Waals surface area contributed by atoms with Gasteiger partial charge in [0, 0.05) is 0 Å². The average molecular weight is 536 g/mol. The number of benzene rings is 2. The first kappa shape index (κ1) is 29.1. The van der Waals surface area contributed by atoms with Crippen LogP contribution in [0.25, 0.3) is 6.08 Å². The lowest BCUT2D eigenvalue weighted by atomic mass is 9.96. The van der Waals surface area contributed by atoms with Crippen LogP contribution in [0.5, 0.6) is 0 Å². The zero-order valence-electron chi connectivity index (χ0n) is 17.3. The van der Waals surface area contributed by atoms with Crippen molar-refractivity contribution in [2.24, 2.45) is 0 Å². The molecule has 0 aliphatic rings. The Bertz CT molecular complexity index is 949. The number of hydrogen-bond donors (Lipinski definition) is 0. The second-order valence-corrected chi connectivity index (χ2v) is 7.69. The first-order valence-electron chi connectivity index (χ1n) is 9.40. The van der Waals surface area contributed by atoms with E-state index < -0.39 is 23.8 Å². The van der Waals surface area contributed by atoms with Gasteiger partial charge in [0.1, 0.15) is 0 Å². The highest BCUT2D eigenvalue weighted by Gasteiger charge is 2.39. The molecule has 11 heteroatoms. The Kier molecular flexibility index (Phi) is 11.1. The summed E-state index contributed by atoms with van der Waals surface area (Å²) in [6, 6.07) is 5.46. The molecule has 2 aromatic rings. The quantitative estimate of drug-likeness (QED) is 0.210. The first-order valence-corrected chi connectivity index (χ1v) is 10.5. The van der Waals surface area contributed by atoms with Crippen molar-refractivity contribution in [2.45, 2.75) is 38.5 Å². The minimum absolute atomic E-state index is 0.00932. The predicted molar refractivity (Wildman–Crippen MR) is 118 cm³/mol. The maximum absolute atomic E-state index is 13.5. The van der Waals surface area contributed by atoms with Gasteiger partial charge >= 0.3 is 12.4 Å². The fourth-order valence-corrected chi connectivity index (χ4v) is 3.32. The van der Waals surface area contributed by atoms with Crippen molar-refractivity contribution in [1.29, 1.82) is 0 Å². The van der Waals surface area contributed by atoms with Crippen LogP contribution in [-0.4, -0.2) is 19.3 Å². The first-order chi connectivity index (χ1) is 15.3. The van der Waals surface area contributed by atoms with Gasteiger partial charge in [-0.25, -0.2) is 0 Å². The van der Waals surface area contributed by atoms with Crippen molar-refractivity contribution in [3.63, 3.8) is 0 Å². The topological polar surface area (TPSA) is 26.3 Å². The number of hydrogen-bond acceptors (Lipinski definition) is 2. The lowest BCUT2D eigenvalue weighted by Crippen LogP contribution is -2.19. The lowest BCUT2D eigenvalue weighted by molar-refractivity contribution is -0.140. The van der Waals surface area contributed by atoms with Crippen molar-refractivity contribution >= 4 is 47.4 Å². The summed E-state index contributed by atoms with van der Waals surface area (Å²) in [4.78, 5) is 9.18. The van der Waals surface area contributed by atoms with E-state index in [1.165, 1.54) is 12.1 Å². The molecule has 2 nitrogen and oxygen atoms in total. The smallest absolute Gasteiger partial charge is 0.416 e. The minimum Gasteiger partial charge on any atom is -0.468 e. The maximum atomic E-state index is 13.5. The number of carbonyl (C=O) groups is 1. The van der Waals surface area contributed by atoms with Crippen LogP contribution >= 0.6 is 34.8 Å². The molecule has 1 unspecified atom stereocenters. The lowest BCUT2D eigenvalue weighted by Gasteiger charge is -2.18.